The van der Waals surface area contributed by atoms with Crippen LogP contribution >= 0.6 is 11.6 Å². The van der Waals surface area contributed by atoms with E-state index in [1.165, 1.54) is 39.0 Å². The maximum atomic E-state index is 10.3. The molecular weight excluding hydrogens is 436 g/mol. The monoisotopic (exact) mass is 454 g/mol. The van der Waals surface area contributed by atoms with Crippen LogP contribution in [0.4, 0.5) is 0 Å². The molecule has 0 aliphatic rings. The van der Waals surface area contributed by atoms with Gasteiger partial charge in [-0.2, -0.15) is 0 Å². The van der Waals surface area contributed by atoms with Gasteiger partial charge in [0.25, 0.3) is 0 Å². The Kier molecular flexibility index (Phi) is 7.71. The van der Waals surface area contributed by atoms with Crippen LogP contribution in [0.2, 0.25) is 5.02 Å². The van der Waals surface area contributed by atoms with E-state index in [4.69, 9.17) is 11.6 Å². The van der Waals surface area contributed by atoms with Crippen molar-refractivity contribution in [2.45, 2.75) is 19.6 Å². The van der Waals surface area contributed by atoms with Crippen molar-refractivity contribution in [3.63, 3.8) is 0 Å². The van der Waals surface area contributed by atoms with Crippen molar-refractivity contribution in [1.29, 1.82) is 0 Å². The second-order valence-electron chi connectivity index (χ2n) is 6.15. The van der Waals surface area contributed by atoms with Crippen LogP contribution in [0.1, 0.15) is 0 Å². The third kappa shape index (κ3) is 6.21. The average molecular weight is 455 g/mol. The molecule has 4 rings (SSSR count). The third-order valence-electron chi connectivity index (χ3n) is 4.04. The fraction of sp³-hybridized carbons (Fsp3) is 0. The second kappa shape index (κ2) is 10.5. The first-order valence-corrected chi connectivity index (χ1v) is 12.1. The average Bonchev–Trinajstić information content (AvgIpc) is 2.76. The summed E-state index contributed by atoms with van der Waals surface area (Å²) in [5, 5.41) is 0.400. The molecule has 0 aliphatic carbocycles. The van der Waals surface area contributed by atoms with Crippen LogP contribution in [0.3, 0.4) is 0 Å². The van der Waals surface area contributed by atoms with Gasteiger partial charge in [-0.25, -0.2) is 8.42 Å². The van der Waals surface area contributed by atoms with Crippen LogP contribution in [0, 0.1) is 0 Å². The molecule has 152 valence electrons. The van der Waals surface area contributed by atoms with Crippen molar-refractivity contribution >= 4 is 32.6 Å². The highest BCUT2D eigenvalue weighted by Crippen LogP contribution is 2.30. The molecule has 0 amide bonds. The second-order valence-corrected chi connectivity index (χ2v) is 10.00. The summed E-state index contributed by atoms with van der Waals surface area (Å²) in [4.78, 5) is 3.82. The predicted octanol–water partition coefficient (Wildman–Crippen LogP) is 6.03. The smallest absolute Gasteiger partial charge is 0.166 e. The molecular formula is C24H19ClO3S2. The lowest BCUT2D eigenvalue weighted by Crippen LogP contribution is -2.04. The first-order chi connectivity index (χ1) is 14.4. The van der Waals surface area contributed by atoms with Gasteiger partial charge < -0.3 is 4.55 Å². The number of rotatable bonds is 4. The van der Waals surface area contributed by atoms with E-state index in [0.717, 1.165) is 0 Å². The molecule has 0 radical (unpaired) electrons. The zero-order chi connectivity index (χ0) is 21.4. The number of benzene rings is 4. The molecule has 4 aromatic rings. The van der Waals surface area contributed by atoms with Gasteiger partial charge in [-0.15, -0.1) is 0 Å². The van der Waals surface area contributed by atoms with Crippen molar-refractivity contribution in [2.75, 3.05) is 0 Å². The van der Waals surface area contributed by atoms with Crippen LogP contribution < -0.4 is 0 Å². The van der Waals surface area contributed by atoms with Crippen LogP contribution in [0.25, 0.3) is 0 Å². The fourth-order valence-corrected chi connectivity index (χ4v) is 5.38. The molecule has 3 nitrogen and oxygen atoms in total. The van der Waals surface area contributed by atoms with Crippen LogP contribution in [-0.4, -0.2) is 13.0 Å². The van der Waals surface area contributed by atoms with Crippen molar-refractivity contribution in [1.82, 2.24) is 0 Å². The minimum absolute atomic E-state index is 0.0146. The number of hydrogen-bond donors (Lipinski definition) is 0. The van der Waals surface area contributed by atoms with Gasteiger partial charge in [-0.3, -0.25) is 0 Å². The summed E-state index contributed by atoms with van der Waals surface area (Å²) < 4.78 is 31.0. The standard InChI is InChI=1S/C18H15S.C6H5ClO3S/c1-4-10-16(11-5-1)19(17-12-6-2-7-13-17)18-14-8-3-9-15-18;7-5-1-3-6(4-2-5)11(8,9)10/h1-15H;1-4H,(H,8,9,10)/q+1;/p-1. The van der Waals surface area contributed by atoms with E-state index in [0.29, 0.717) is 5.02 Å². The maximum absolute atomic E-state index is 10.3. The Balaban J connectivity index is 0.000000199. The first kappa shape index (κ1) is 22.1. The molecule has 0 unspecified atom stereocenters. The number of hydrogen-bond acceptors (Lipinski definition) is 3. The van der Waals surface area contributed by atoms with Gasteiger partial charge in [0.1, 0.15) is 10.1 Å². The molecule has 0 saturated heterocycles. The van der Waals surface area contributed by atoms with Gasteiger partial charge in [0.05, 0.1) is 15.8 Å². The molecule has 0 heterocycles. The molecule has 0 N–H and O–H groups in total. The van der Waals surface area contributed by atoms with Gasteiger partial charge in [0, 0.05) is 5.02 Å². The van der Waals surface area contributed by atoms with Gasteiger partial charge >= 0.3 is 0 Å². The molecule has 6 heteroatoms. The van der Waals surface area contributed by atoms with Gasteiger partial charge in [0.15, 0.2) is 14.7 Å². The molecule has 0 fully saturated rings. The zero-order valence-corrected chi connectivity index (χ0v) is 18.3. The first-order valence-electron chi connectivity index (χ1n) is 9.06. The van der Waals surface area contributed by atoms with E-state index in [-0.39, 0.29) is 15.8 Å². The molecule has 0 spiro atoms. The molecule has 0 bridgehead atoms. The van der Waals surface area contributed by atoms with E-state index in [1.54, 1.807) is 0 Å². The number of halogens is 1. The summed E-state index contributed by atoms with van der Waals surface area (Å²) in [6.45, 7) is 0. The summed E-state index contributed by atoms with van der Waals surface area (Å²) in [7, 11) is -4.34. The molecule has 0 aromatic heterocycles. The Morgan fingerprint density at radius 3 is 1.20 bits per heavy atom. The Hall–Kier alpha value is -2.57. The zero-order valence-electron chi connectivity index (χ0n) is 15.9. The highest BCUT2D eigenvalue weighted by molar-refractivity contribution is 7.97. The Bertz CT molecular complexity index is 1060. The summed E-state index contributed by atoms with van der Waals surface area (Å²) in [6, 6.07) is 37.2. The molecule has 4 aromatic carbocycles. The van der Waals surface area contributed by atoms with E-state index >= 15 is 0 Å². The van der Waals surface area contributed by atoms with E-state index < -0.39 is 10.1 Å². The van der Waals surface area contributed by atoms with Crippen LogP contribution in [0.15, 0.2) is 135 Å². The molecule has 0 atom stereocenters. The van der Waals surface area contributed by atoms with Gasteiger partial charge in [-0.1, -0.05) is 66.2 Å². The third-order valence-corrected chi connectivity index (χ3v) is 7.37. The fourth-order valence-electron chi connectivity index (χ4n) is 2.68. The Morgan fingerprint density at radius 2 is 0.900 bits per heavy atom. The Morgan fingerprint density at radius 1 is 0.567 bits per heavy atom. The normalized spacial score (nSPS) is 10.9. The summed E-state index contributed by atoms with van der Waals surface area (Å²) in [5.74, 6) is 0. The van der Waals surface area contributed by atoms with Crippen LogP contribution in [0.5, 0.6) is 0 Å². The highest BCUT2D eigenvalue weighted by atomic mass is 35.5. The lowest BCUT2D eigenvalue weighted by molar-refractivity contribution is 0.463. The van der Waals surface area contributed by atoms with Crippen molar-refractivity contribution in [3.8, 4) is 0 Å². The highest BCUT2D eigenvalue weighted by Gasteiger charge is 2.27. The lowest BCUT2D eigenvalue weighted by atomic mass is 10.4. The van der Waals surface area contributed by atoms with Crippen molar-refractivity contribution < 1.29 is 13.0 Å². The Labute approximate surface area is 185 Å². The molecule has 0 aliphatic heterocycles. The topological polar surface area (TPSA) is 57.2 Å². The molecule has 30 heavy (non-hydrogen) atoms. The van der Waals surface area contributed by atoms with E-state index in [2.05, 4.69) is 91.0 Å². The SMILES string of the molecule is O=S(=O)([O-])c1ccc(Cl)cc1.c1ccc([S+](c2ccccc2)c2ccccc2)cc1. The summed E-state index contributed by atoms with van der Waals surface area (Å²) in [6.07, 6.45) is 0. The predicted molar refractivity (Wildman–Crippen MR) is 121 cm³/mol. The van der Waals surface area contributed by atoms with Gasteiger partial charge in [-0.05, 0) is 60.7 Å². The summed E-state index contributed by atoms with van der Waals surface area (Å²) >= 11 is 5.46. The van der Waals surface area contributed by atoms with Crippen molar-refractivity contribution in [2.24, 2.45) is 0 Å². The van der Waals surface area contributed by atoms with Crippen LogP contribution in [-0.2, 0) is 21.0 Å². The quantitative estimate of drug-likeness (QED) is 0.279. The van der Waals surface area contributed by atoms with Gasteiger partial charge in [0.2, 0.25) is 0 Å². The summed E-state index contributed by atoms with van der Waals surface area (Å²) in [5.41, 5.74) is 0. The van der Waals surface area contributed by atoms with Crippen molar-refractivity contribution in [3.05, 3.63) is 120 Å². The maximum Gasteiger partial charge on any atom is 0.166 e. The lowest BCUT2D eigenvalue weighted by Gasteiger charge is -2.07. The minimum Gasteiger partial charge on any atom is -0.744 e. The van der Waals surface area contributed by atoms with E-state index in [9.17, 15) is 13.0 Å². The minimum atomic E-state index is -4.33. The van der Waals surface area contributed by atoms with E-state index in [1.807, 2.05) is 0 Å². The molecule has 0 saturated carbocycles. The largest absolute Gasteiger partial charge is 0.744 e.